The number of aromatic nitrogens is 3. The number of methoxy groups -OCH3 is 2. The molecule has 3 rings (SSSR count). The summed E-state index contributed by atoms with van der Waals surface area (Å²) in [5, 5.41) is 22.0. The Hall–Kier alpha value is -2.21. The molecular formula is C19H21BrN6O2S2. The van der Waals surface area contributed by atoms with E-state index in [9.17, 15) is 0 Å². The second kappa shape index (κ2) is 9.73. The standard InChI is InChI=1S/C19H21BrN6O2S2/c1-25(2)30-16-8-15(28-4)14(27-3)6-11(16)7-17(21)26-19(22)29-18(24-26)12-5-13(20)10-23-9-12/h5-6,8-10,21-22H,7H2,1-4H3. The third kappa shape index (κ3) is 5.09. The van der Waals surface area contributed by atoms with Crippen LogP contribution in [0.1, 0.15) is 5.56 Å². The average Bonchev–Trinajstić information content (AvgIpc) is 3.10. The van der Waals surface area contributed by atoms with Gasteiger partial charge in [0.05, 0.1) is 14.2 Å². The first-order valence-corrected chi connectivity index (χ1v) is 11.1. The van der Waals surface area contributed by atoms with Crippen molar-refractivity contribution < 1.29 is 9.47 Å². The molecule has 0 unspecified atom stereocenters. The second-order valence-corrected chi connectivity index (χ2v) is 9.60. The number of benzene rings is 1. The van der Waals surface area contributed by atoms with Gasteiger partial charge in [-0.05, 0) is 65.7 Å². The minimum atomic E-state index is 0.178. The highest BCUT2D eigenvalue weighted by molar-refractivity contribution is 9.10. The van der Waals surface area contributed by atoms with E-state index in [2.05, 4.69) is 26.0 Å². The van der Waals surface area contributed by atoms with Crippen molar-refractivity contribution in [1.82, 2.24) is 19.1 Å². The molecule has 3 aromatic rings. The van der Waals surface area contributed by atoms with Crippen LogP contribution in [0.4, 0.5) is 0 Å². The highest BCUT2D eigenvalue weighted by atomic mass is 79.9. The van der Waals surface area contributed by atoms with Gasteiger partial charge in [0.1, 0.15) is 10.8 Å². The molecule has 8 nitrogen and oxygen atoms in total. The molecular weight excluding hydrogens is 488 g/mol. The van der Waals surface area contributed by atoms with Crippen LogP contribution in [-0.2, 0) is 6.42 Å². The van der Waals surface area contributed by atoms with Crippen LogP contribution in [0.15, 0.2) is 40.0 Å². The Balaban J connectivity index is 1.95. The van der Waals surface area contributed by atoms with E-state index >= 15 is 0 Å². The van der Waals surface area contributed by atoms with Gasteiger partial charge in [-0.2, -0.15) is 9.78 Å². The number of nitrogens with zero attached hydrogens (tertiary/aromatic N) is 4. The Morgan fingerprint density at radius 2 is 1.90 bits per heavy atom. The lowest BCUT2D eigenvalue weighted by molar-refractivity contribution is 0.353. The van der Waals surface area contributed by atoms with E-state index in [0.29, 0.717) is 16.5 Å². The highest BCUT2D eigenvalue weighted by Crippen LogP contribution is 2.36. The number of nitrogens with one attached hydrogen (secondary N) is 2. The summed E-state index contributed by atoms with van der Waals surface area (Å²) in [6.07, 6.45) is 3.67. The molecule has 0 atom stereocenters. The minimum absolute atomic E-state index is 0.178. The number of hydrogen-bond donors (Lipinski definition) is 2. The van der Waals surface area contributed by atoms with Crippen LogP contribution in [0.25, 0.3) is 10.6 Å². The molecule has 1 aromatic carbocycles. The summed E-state index contributed by atoms with van der Waals surface area (Å²) in [7, 11) is 7.08. The van der Waals surface area contributed by atoms with E-state index in [4.69, 9.17) is 20.3 Å². The summed E-state index contributed by atoms with van der Waals surface area (Å²) in [5.74, 6) is 1.42. The molecule has 0 saturated carbocycles. The number of ether oxygens (including phenoxy) is 2. The number of rotatable bonds is 7. The SMILES string of the molecule is COc1cc(CC(=N)n2nc(-c3cncc(Br)c3)sc2=N)c(SN(C)C)cc1OC. The topological polar surface area (TPSA) is 100 Å². The van der Waals surface area contributed by atoms with Crippen molar-refractivity contribution >= 4 is 45.1 Å². The van der Waals surface area contributed by atoms with Crippen molar-refractivity contribution in [3.8, 4) is 22.1 Å². The third-order valence-corrected chi connectivity index (χ3v) is 6.24. The molecule has 2 N–H and O–H groups in total. The molecule has 30 heavy (non-hydrogen) atoms. The number of pyridine rings is 1. The van der Waals surface area contributed by atoms with Gasteiger partial charge in [0.15, 0.2) is 11.5 Å². The van der Waals surface area contributed by atoms with E-state index in [1.165, 1.54) is 28.0 Å². The smallest absolute Gasteiger partial charge is 0.206 e. The first-order valence-electron chi connectivity index (χ1n) is 8.76. The molecule has 2 aromatic heterocycles. The summed E-state index contributed by atoms with van der Waals surface area (Å²) in [6.45, 7) is 0. The van der Waals surface area contributed by atoms with Crippen molar-refractivity contribution in [2.75, 3.05) is 28.3 Å². The van der Waals surface area contributed by atoms with Gasteiger partial charge in [0, 0.05) is 33.7 Å². The van der Waals surface area contributed by atoms with E-state index < -0.39 is 0 Å². The molecule has 11 heteroatoms. The van der Waals surface area contributed by atoms with Gasteiger partial charge >= 0.3 is 0 Å². The van der Waals surface area contributed by atoms with Crippen molar-refractivity contribution in [3.63, 3.8) is 0 Å². The molecule has 158 valence electrons. The van der Waals surface area contributed by atoms with Crippen LogP contribution in [-0.4, -0.2) is 53.2 Å². The summed E-state index contributed by atoms with van der Waals surface area (Å²) in [6, 6.07) is 5.66. The van der Waals surface area contributed by atoms with E-state index in [0.717, 1.165) is 20.5 Å². The summed E-state index contributed by atoms with van der Waals surface area (Å²) < 4.78 is 15.0. The molecule has 2 heterocycles. The van der Waals surface area contributed by atoms with Crippen molar-refractivity contribution in [1.29, 1.82) is 10.8 Å². The first-order chi connectivity index (χ1) is 14.3. The predicted octanol–water partition coefficient (Wildman–Crippen LogP) is 3.90. The summed E-state index contributed by atoms with van der Waals surface area (Å²) >= 11 is 6.14. The van der Waals surface area contributed by atoms with Crippen LogP contribution < -0.4 is 14.3 Å². The first kappa shape index (κ1) is 22.5. The van der Waals surface area contributed by atoms with Crippen LogP contribution in [0, 0.1) is 10.8 Å². The maximum Gasteiger partial charge on any atom is 0.206 e. The molecule has 0 aliphatic rings. The lowest BCUT2D eigenvalue weighted by Gasteiger charge is -2.17. The molecule has 0 radical (unpaired) electrons. The summed E-state index contributed by atoms with van der Waals surface area (Å²) in [5.41, 5.74) is 1.69. The van der Waals surface area contributed by atoms with Gasteiger partial charge < -0.3 is 9.47 Å². The molecule has 0 spiro atoms. The molecule has 0 fully saturated rings. The number of halogens is 1. The van der Waals surface area contributed by atoms with Gasteiger partial charge in [-0.3, -0.25) is 20.1 Å². The Morgan fingerprint density at radius 1 is 1.20 bits per heavy atom. The second-order valence-electron chi connectivity index (χ2n) is 6.36. The molecule has 0 aliphatic carbocycles. The van der Waals surface area contributed by atoms with E-state index in [1.807, 2.05) is 36.6 Å². The zero-order valence-electron chi connectivity index (χ0n) is 16.9. The molecule has 0 bridgehead atoms. The lowest BCUT2D eigenvalue weighted by Crippen LogP contribution is -2.25. The Kier molecular flexibility index (Phi) is 7.29. The normalized spacial score (nSPS) is 11.0. The highest BCUT2D eigenvalue weighted by Gasteiger charge is 2.17. The van der Waals surface area contributed by atoms with Gasteiger partial charge in [-0.1, -0.05) is 11.3 Å². The fraction of sp³-hybridized carbons (Fsp3) is 0.263. The van der Waals surface area contributed by atoms with Gasteiger partial charge in [-0.25, -0.2) is 0 Å². The Labute approximate surface area is 191 Å². The average molecular weight is 509 g/mol. The Bertz CT molecular complexity index is 1130. The predicted molar refractivity (Wildman–Crippen MR) is 123 cm³/mol. The maximum atomic E-state index is 8.60. The monoisotopic (exact) mass is 508 g/mol. The molecule has 0 saturated heterocycles. The van der Waals surface area contributed by atoms with E-state index in [-0.39, 0.29) is 17.1 Å². The molecule has 0 amide bonds. The van der Waals surface area contributed by atoms with Crippen LogP contribution in [0.2, 0.25) is 0 Å². The van der Waals surface area contributed by atoms with Gasteiger partial charge in [0.2, 0.25) is 4.80 Å². The lowest BCUT2D eigenvalue weighted by atomic mass is 10.1. The Morgan fingerprint density at radius 3 is 2.53 bits per heavy atom. The van der Waals surface area contributed by atoms with E-state index in [1.54, 1.807) is 26.6 Å². The van der Waals surface area contributed by atoms with Crippen LogP contribution >= 0.6 is 39.2 Å². The van der Waals surface area contributed by atoms with Crippen molar-refractivity contribution in [2.45, 2.75) is 11.3 Å². The van der Waals surface area contributed by atoms with Crippen molar-refractivity contribution in [3.05, 3.63) is 45.4 Å². The van der Waals surface area contributed by atoms with Crippen molar-refractivity contribution in [2.24, 2.45) is 0 Å². The zero-order chi connectivity index (χ0) is 21.8. The quantitative estimate of drug-likeness (QED) is 0.285. The largest absolute Gasteiger partial charge is 0.493 e. The number of hydrogen-bond acceptors (Lipinski definition) is 9. The minimum Gasteiger partial charge on any atom is -0.493 e. The zero-order valence-corrected chi connectivity index (χ0v) is 20.1. The third-order valence-electron chi connectivity index (χ3n) is 3.99. The van der Waals surface area contributed by atoms with Gasteiger partial charge in [-0.15, -0.1) is 0 Å². The fourth-order valence-electron chi connectivity index (χ4n) is 2.70. The molecule has 0 aliphatic heterocycles. The van der Waals surface area contributed by atoms with Crippen LogP contribution in [0.5, 0.6) is 11.5 Å². The van der Waals surface area contributed by atoms with Crippen LogP contribution in [0.3, 0.4) is 0 Å². The summed E-state index contributed by atoms with van der Waals surface area (Å²) in [4.78, 5) is 5.27. The van der Waals surface area contributed by atoms with Gasteiger partial charge in [0.25, 0.3) is 0 Å². The fourth-order valence-corrected chi connectivity index (χ4v) is 4.64. The maximum absolute atomic E-state index is 8.60.